The van der Waals surface area contributed by atoms with Crippen LogP contribution in [-0.2, 0) is 10.8 Å². The van der Waals surface area contributed by atoms with E-state index in [4.69, 9.17) is 4.98 Å². The SMILES string of the molecule is CC(C)(C)c1ccc2[nH]c3c(-c4nc5c(Br)cccc5n4-c4ccccc4)cc(C(C)(C)C)cc3c2c1. The number of halogens is 1. The van der Waals surface area contributed by atoms with Crippen LogP contribution in [0.5, 0.6) is 0 Å². The average Bonchev–Trinajstić information content (AvgIpc) is 3.42. The molecule has 0 aliphatic carbocycles. The van der Waals surface area contributed by atoms with E-state index in [0.29, 0.717) is 0 Å². The van der Waals surface area contributed by atoms with Gasteiger partial charge in [0.1, 0.15) is 11.3 Å². The van der Waals surface area contributed by atoms with Gasteiger partial charge < -0.3 is 4.98 Å². The number of para-hydroxylation sites is 2. The molecule has 2 aromatic heterocycles. The van der Waals surface area contributed by atoms with Crippen molar-refractivity contribution in [2.75, 3.05) is 0 Å². The number of fused-ring (bicyclic) bond motifs is 4. The number of hydrogen-bond acceptors (Lipinski definition) is 1. The maximum Gasteiger partial charge on any atom is 0.147 e. The van der Waals surface area contributed by atoms with Crippen molar-refractivity contribution in [2.45, 2.75) is 52.4 Å². The molecule has 4 heteroatoms. The summed E-state index contributed by atoms with van der Waals surface area (Å²) >= 11 is 3.76. The summed E-state index contributed by atoms with van der Waals surface area (Å²) in [6.45, 7) is 13.7. The molecule has 37 heavy (non-hydrogen) atoms. The fourth-order valence-electron chi connectivity index (χ4n) is 5.16. The summed E-state index contributed by atoms with van der Waals surface area (Å²) in [5.41, 5.74) is 9.22. The van der Waals surface area contributed by atoms with Gasteiger partial charge in [0.2, 0.25) is 0 Å². The lowest BCUT2D eigenvalue weighted by Crippen LogP contribution is -2.11. The van der Waals surface area contributed by atoms with Gasteiger partial charge in [0.05, 0.1) is 11.0 Å². The molecule has 4 aromatic carbocycles. The van der Waals surface area contributed by atoms with E-state index in [1.165, 1.54) is 21.9 Å². The Balaban J connectivity index is 1.76. The quantitative estimate of drug-likeness (QED) is 0.229. The van der Waals surface area contributed by atoms with Crippen molar-refractivity contribution in [1.82, 2.24) is 14.5 Å². The Bertz CT molecular complexity index is 1790. The summed E-state index contributed by atoms with van der Waals surface area (Å²) in [5.74, 6) is 0.937. The number of aromatic nitrogens is 3. The van der Waals surface area contributed by atoms with E-state index in [1.54, 1.807) is 0 Å². The molecule has 3 nitrogen and oxygen atoms in total. The van der Waals surface area contributed by atoms with Gasteiger partial charge in [-0.2, -0.15) is 0 Å². The summed E-state index contributed by atoms with van der Waals surface area (Å²) in [5, 5.41) is 2.51. The van der Waals surface area contributed by atoms with Gasteiger partial charge in [-0.25, -0.2) is 4.98 Å². The number of rotatable bonds is 2. The fraction of sp³-hybridized carbons (Fsp3) is 0.242. The van der Waals surface area contributed by atoms with Crippen LogP contribution in [0, 0.1) is 0 Å². The zero-order valence-electron chi connectivity index (χ0n) is 22.3. The molecule has 0 amide bonds. The second kappa shape index (κ2) is 8.32. The average molecular weight is 551 g/mol. The molecule has 0 unspecified atom stereocenters. The van der Waals surface area contributed by atoms with E-state index in [2.05, 4.69) is 146 Å². The number of imidazole rings is 1. The molecule has 0 atom stereocenters. The van der Waals surface area contributed by atoms with Gasteiger partial charge in [-0.15, -0.1) is 0 Å². The molecule has 6 rings (SSSR count). The Morgan fingerprint density at radius 2 is 1.43 bits per heavy atom. The number of H-pyrrole nitrogens is 1. The minimum Gasteiger partial charge on any atom is -0.354 e. The van der Waals surface area contributed by atoms with Crippen LogP contribution in [0.4, 0.5) is 0 Å². The molecule has 0 saturated heterocycles. The minimum absolute atomic E-state index is 0.0155. The summed E-state index contributed by atoms with van der Waals surface area (Å²) in [6, 6.07) is 28.4. The predicted molar refractivity (Wildman–Crippen MR) is 161 cm³/mol. The third-order valence-corrected chi connectivity index (χ3v) is 7.97. The Labute approximate surface area is 226 Å². The van der Waals surface area contributed by atoms with Crippen molar-refractivity contribution < 1.29 is 0 Å². The van der Waals surface area contributed by atoms with Crippen LogP contribution in [0.25, 0.3) is 49.9 Å². The highest BCUT2D eigenvalue weighted by Gasteiger charge is 2.24. The molecule has 0 aliphatic heterocycles. The maximum absolute atomic E-state index is 5.26. The van der Waals surface area contributed by atoms with Crippen LogP contribution in [0.2, 0.25) is 0 Å². The van der Waals surface area contributed by atoms with Crippen molar-refractivity contribution in [3.8, 4) is 17.1 Å². The fourth-order valence-corrected chi connectivity index (χ4v) is 5.60. The zero-order chi connectivity index (χ0) is 26.1. The predicted octanol–water partition coefficient (Wildman–Crippen LogP) is 9.68. The van der Waals surface area contributed by atoms with Gasteiger partial charge in [0, 0.05) is 32.0 Å². The van der Waals surface area contributed by atoms with Crippen LogP contribution >= 0.6 is 15.9 Å². The van der Waals surface area contributed by atoms with E-state index in [1.807, 2.05) is 0 Å². The van der Waals surface area contributed by atoms with Crippen LogP contribution in [-0.4, -0.2) is 14.5 Å². The molecule has 0 saturated carbocycles. The first-order valence-corrected chi connectivity index (χ1v) is 13.6. The minimum atomic E-state index is -0.0155. The normalized spacial score (nSPS) is 12.7. The van der Waals surface area contributed by atoms with Crippen molar-refractivity contribution in [1.29, 1.82) is 0 Å². The molecule has 2 heterocycles. The summed E-state index contributed by atoms with van der Waals surface area (Å²) < 4.78 is 3.28. The van der Waals surface area contributed by atoms with Gasteiger partial charge in [-0.1, -0.05) is 71.9 Å². The second-order valence-corrected chi connectivity index (χ2v) is 12.9. The monoisotopic (exact) mass is 549 g/mol. The third-order valence-electron chi connectivity index (χ3n) is 7.33. The number of hydrogen-bond donors (Lipinski definition) is 1. The van der Waals surface area contributed by atoms with Crippen LogP contribution in [0.15, 0.2) is 83.3 Å². The van der Waals surface area contributed by atoms with Gasteiger partial charge in [-0.3, -0.25) is 4.57 Å². The molecule has 0 bridgehead atoms. The molecule has 0 aliphatic rings. The highest BCUT2D eigenvalue weighted by Crippen LogP contribution is 2.41. The first kappa shape index (κ1) is 24.0. The van der Waals surface area contributed by atoms with Crippen molar-refractivity contribution in [2.24, 2.45) is 0 Å². The van der Waals surface area contributed by atoms with Crippen LogP contribution < -0.4 is 0 Å². The van der Waals surface area contributed by atoms with E-state index < -0.39 is 0 Å². The summed E-state index contributed by atoms with van der Waals surface area (Å²) in [6.07, 6.45) is 0. The zero-order valence-corrected chi connectivity index (χ0v) is 23.9. The van der Waals surface area contributed by atoms with Gasteiger partial charge in [0.15, 0.2) is 0 Å². The van der Waals surface area contributed by atoms with Crippen molar-refractivity contribution >= 4 is 48.8 Å². The topological polar surface area (TPSA) is 33.6 Å². The van der Waals surface area contributed by atoms with Gasteiger partial charge >= 0.3 is 0 Å². The molecular weight excluding hydrogens is 518 g/mol. The molecule has 186 valence electrons. The van der Waals surface area contributed by atoms with E-state index in [0.717, 1.165) is 43.6 Å². The standard InChI is InChI=1S/C33H32BrN3/c1-32(2,3)20-15-16-27-23(17-20)24-18-21(33(4,5)6)19-25(29(24)35-27)31-36-30-26(34)13-10-14-28(30)37(31)22-11-8-7-9-12-22/h7-19,35H,1-6H3. The number of aromatic amines is 1. The number of nitrogens with one attached hydrogen (secondary N) is 1. The van der Waals surface area contributed by atoms with Crippen molar-refractivity contribution in [3.63, 3.8) is 0 Å². The summed E-state index contributed by atoms with van der Waals surface area (Å²) in [7, 11) is 0. The third kappa shape index (κ3) is 3.99. The number of benzene rings is 4. The largest absolute Gasteiger partial charge is 0.354 e. The molecule has 6 aromatic rings. The first-order chi connectivity index (χ1) is 17.5. The lowest BCUT2D eigenvalue weighted by atomic mass is 9.84. The van der Waals surface area contributed by atoms with Crippen molar-refractivity contribution in [3.05, 3.63) is 94.5 Å². The number of nitrogens with zero attached hydrogens (tertiary/aromatic N) is 2. The van der Waals surface area contributed by atoms with E-state index in [-0.39, 0.29) is 10.8 Å². The highest BCUT2D eigenvalue weighted by atomic mass is 79.9. The first-order valence-electron chi connectivity index (χ1n) is 12.9. The Kier molecular flexibility index (Phi) is 5.40. The molecule has 0 spiro atoms. The van der Waals surface area contributed by atoms with Crippen LogP contribution in [0.1, 0.15) is 52.7 Å². The molecule has 1 N–H and O–H groups in total. The van der Waals surface area contributed by atoms with Gasteiger partial charge in [-0.05, 0) is 86.4 Å². The molecule has 0 fully saturated rings. The Morgan fingerprint density at radius 1 is 0.730 bits per heavy atom. The Morgan fingerprint density at radius 3 is 2.14 bits per heavy atom. The van der Waals surface area contributed by atoms with Crippen LogP contribution in [0.3, 0.4) is 0 Å². The lowest BCUT2D eigenvalue weighted by Gasteiger charge is -2.21. The molecular formula is C33H32BrN3. The Hall–Kier alpha value is -3.37. The molecule has 0 radical (unpaired) electrons. The second-order valence-electron chi connectivity index (χ2n) is 12.0. The smallest absolute Gasteiger partial charge is 0.147 e. The van der Waals surface area contributed by atoms with E-state index in [9.17, 15) is 0 Å². The maximum atomic E-state index is 5.26. The lowest BCUT2D eigenvalue weighted by molar-refractivity contribution is 0.590. The summed E-state index contributed by atoms with van der Waals surface area (Å²) in [4.78, 5) is 9.03. The van der Waals surface area contributed by atoms with Gasteiger partial charge in [0.25, 0.3) is 0 Å². The van der Waals surface area contributed by atoms with E-state index >= 15 is 0 Å². The highest BCUT2D eigenvalue weighted by molar-refractivity contribution is 9.10.